The predicted molar refractivity (Wildman–Crippen MR) is 57.7 cm³/mol. The van der Waals surface area contributed by atoms with Crippen LogP contribution >= 0.6 is 11.6 Å². The van der Waals surface area contributed by atoms with Gasteiger partial charge in [0.15, 0.2) is 0 Å². The molecule has 78 valence electrons. The summed E-state index contributed by atoms with van der Waals surface area (Å²) in [7, 11) is 1.53. The molecule has 0 aliphatic carbocycles. The molecule has 14 heavy (non-hydrogen) atoms. The Balaban J connectivity index is 3.35. The van der Waals surface area contributed by atoms with Crippen molar-refractivity contribution in [2.45, 2.75) is 19.4 Å². The zero-order valence-electron chi connectivity index (χ0n) is 8.47. The molecule has 4 heteroatoms. The molecule has 0 bridgehead atoms. The van der Waals surface area contributed by atoms with E-state index >= 15 is 0 Å². The first-order chi connectivity index (χ1) is 6.36. The van der Waals surface area contributed by atoms with Crippen molar-refractivity contribution in [1.29, 1.82) is 0 Å². The van der Waals surface area contributed by atoms with Gasteiger partial charge in [0.05, 0.1) is 23.4 Å². The number of hydrogen-bond donors (Lipinski definition) is 2. The summed E-state index contributed by atoms with van der Waals surface area (Å²) in [4.78, 5) is 0. The Labute approximate surface area is 88.4 Å². The van der Waals surface area contributed by atoms with Crippen LogP contribution in [0.25, 0.3) is 0 Å². The normalized spacial score (nSPS) is 11.5. The first kappa shape index (κ1) is 11.1. The highest BCUT2D eigenvalue weighted by Gasteiger charge is 2.22. The number of halogens is 1. The lowest BCUT2D eigenvalue weighted by molar-refractivity contribution is 0.0757. The van der Waals surface area contributed by atoms with Crippen LogP contribution in [0.4, 0.5) is 5.69 Å². The quantitative estimate of drug-likeness (QED) is 0.744. The number of rotatable bonds is 2. The van der Waals surface area contributed by atoms with Gasteiger partial charge < -0.3 is 15.6 Å². The average Bonchev–Trinajstić information content (AvgIpc) is 2.07. The molecule has 1 aromatic carbocycles. The number of ether oxygens (including phenoxy) is 1. The highest BCUT2D eigenvalue weighted by molar-refractivity contribution is 6.33. The van der Waals surface area contributed by atoms with Crippen LogP contribution in [0.5, 0.6) is 5.75 Å². The molecule has 0 amide bonds. The lowest BCUT2D eigenvalue weighted by Crippen LogP contribution is -2.17. The smallest absolute Gasteiger partial charge is 0.127 e. The van der Waals surface area contributed by atoms with Crippen molar-refractivity contribution in [1.82, 2.24) is 0 Å². The van der Waals surface area contributed by atoms with Crippen molar-refractivity contribution in [3.8, 4) is 5.75 Å². The van der Waals surface area contributed by atoms with Gasteiger partial charge in [-0.05, 0) is 19.9 Å². The van der Waals surface area contributed by atoms with Gasteiger partial charge in [0.1, 0.15) is 5.75 Å². The van der Waals surface area contributed by atoms with Crippen molar-refractivity contribution in [2.24, 2.45) is 0 Å². The van der Waals surface area contributed by atoms with E-state index in [4.69, 9.17) is 22.1 Å². The van der Waals surface area contributed by atoms with E-state index < -0.39 is 5.60 Å². The third kappa shape index (κ3) is 2.11. The second-order valence-electron chi connectivity index (χ2n) is 3.63. The fraction of sp³-hybridized carbons (Fsp3) is 0.400. The van der Waals surface area contributed by atoms with Gasteiger partial charge in [-0.1, -0.05) is 11.6 Å². The molecule has 3 nitrogen and oxygen atoms in total. The van der Waals surface area contributed by atoms with E-state index in [1.54, 1.807) is 26.0 Å². The largest absolute Gasteiger partial charge is 0.496 e. The van der Waals surface area contributed by atoms with Crippen molar-refractivity contribution in [3.63, 3.8) is 0 Å². The third-order valence-corrected chi connectivity index (χ3v) is 2.31. The predicted octanol–water partition coefficient (Wildman–Crippen LogP) is 2.16. The fourth-order valence-electron chi connectivity index (χ4n) is 1.22. The van der Waals surface area contributed by atoms with Crippen LogP contribution in [0.3, 0.4) is 0 Å². The number of nitrogen functional groups attached to an aromatic ring is 1. The third-order valence-electron chi connectivity index (χ3n) is 1.98. The van der Waals surface area contributed by atoms with E-state index in [1.807, 2.05) is 0 Å². The molecular formula is C10H14ClNO2. The Morgan fingerprint density at radius 3 is 2.43 bits per heavy atom. The molecule has 0 atom stereocenters. The summed E-state index contributed by atoms with van der Waals surface area (Å²) in [6, 6.07) is 3.23. The minimum absolute atomic E-state index is 0.419. The molecular weight excluding hydrogens is 202 g/mol. The zero-order valence-corrected chi connectivity index (χ0v) is 9.22. The highest BCUT2D eigenvalue weighted by Crippen LogP contribution is 2.35. The summed E-state index contributed by atoms with van der Waals surface area (Å²) >= 11 is 5.86. The molecule has 3 N–H and O–H groups in total. The van der Waals surface area contributed by atoms with Crippen LogP contribution in [0, 0.1) is 0 Å². The van der Waals surface area contributed by atoms with E-state index in [0.717, 1.165) is 0 Å². The Hall–Kier alpha value is -0.930. The number of aliphatic hydroxyl groups is 1. The Kier molecular flexibility index (Phi) is 2.92. The Morgan fingerprint density at radius 2 is 2.00 bits per heavy atom. The summed E-state index contributed by atoms with van der Waals surface area (Å²) in [6.07, 6.45) is 0. The monoisotopic (exact) mass is 215 g/mol. The maximum atomic E-state index is 9.84. The fourth-order valence-corrected chi connectivity index (χ4v) is 1.38. The van der Waals surface area contributed by atoms with Gasteiger partial charge in [0.25, 0.3) is 0 Å². The highest BCUT2D eigenvalue weighted by atomic mass is 35.5. The van der Waals surface area contributed by atoms with Gasteiger partial charge >= 0.3 is 0 Å². The number of nitrogens with two attached hydrogens (primary N) is 1. The van der Waals surface area contributed by atoms with Crippen LogP contribution in [0.15, 0.2) is 12.1 Å². The van der Waals surface area contributed by atoms with E-state index in [2.05, 4.69) is 0 Å². The summed E-state index contributed by atoms with van der Waals surface area (Å²) in [5.41, 5.74) is 5.68. The minimum Gasteiger partial charge on any atom is -0.496 e. The van der Waals surface area contributed by atoms with Gasteiger partial charge in [-0.25, -0.2) is 0 Å². The first-order valence-corrected chi connectivity index (χ1v) is 4.60. The van der Waals surface area contributed by atoms with E-state index in [9.17, 15) is 5.11 Å². The molecule has 0 unspecified atom stereocenters. The van der Waals surface area contributed by atoms with Crippen molar-refractivity contribution in [3.05, 3.63) is 22.7 Å². The van der Waals surface area contributed by atoms with Crippen LogP contribution in [-0.2, 0) is 5.60 Å². The molecule has 0 heterocycles. The van der Waals surface area contributed by atoms with Crippen LogP contribution < -0.4 is 10.5 Å². The molecule has 0 saturated carbocycles. The van der Waals surface area contributed by atoms with Gasteiger partial charge in [-0.3, -0.25) is 0 Å². The number of anilines is 1. The lowest BCUT2D eigenvalue weighted by atomic mass is 9.97. The molecule has 0 fully saturated rings. The summed E-state index contributed by atoms with van der Waals surface area (Å²) in [6.45, 7) is 3.33. The number of hydrogen-bond acceptors (Lipinski definition) is 3. The van der Waals surface area contributed by atoms with Crippen molar-refractivity contribution in [2.75, 3.05) is 12.8 Å². The molecule has 1 aromatic rings. The molecule has 0 aliphatic rings. The second kappa shape index (κ2) is 3.67. The average molecular weight is 216 g/mol. The number of benzene rings is 1. The lowest BCUT2D eigenvalue weighted by Gasteiger charge is -2.21. The minimum atomic E-state index is -0.997. The van der Waals surface area contributed by atoms with Gasteiger partial charge in [0, 0.05) is 11.6 Å². The van der Waals surface area contributed by atoms with Gasteiger partial charge in [-0.15, -0.1) is 0 Å². The van der Waals surface area contributed by atoms with E-state index in [0.29, 0.717) is 22.0 Å². The van der Waals surface area contributed by atoms with Crippen molar-refractivity contribution < 1.29 is 9.84 Å². The second-order valence-corrected chi connectivity index (χ2v) is 4.04. The van der Waals surface area contributed by atoms with Crippen LogP contribution in [0.1, 0.15) is 19.4 Å². The Morgan fingerprint density at radius 1 is 1.43 bits per heavy atom. The molecule has 1 rings (SSSR count). The molecule has 0 aromatic heterocycles. The summed E-state index contributed by atoms with van der Waals surface area (Å²) in [5, 5.41) is 10.3. The van der Waals surface area contributed by atoms with Crippen LogP contribution in [-0.4, -0.2) is 12.2 Å². The first-order valence-electron chi connectivity index (χ1n) is 4.22. The summed E-state index contributed by atoms with van der Waals surface area (Å²) < 4.78 is 5.11. The molecule has 0 aliphatic heterocycles. The SMILES string of the molecule is COc1cc(N)c(Cl)cc1C(C)(C)O. The van der Waals surface area contributed by atoms with E-state index in [1.165, 1.54) is 7.11 Å². The number of methoxy groups -OCH3 is 1. The molecule has 0 radical (unpaired) electrons. The maximum Gasteiger partial charge on any atom is 0.127 e. The molecule has 0 saturated heterocycles. The standard InChI is InChI=1S/C10H14ClNO2/c1-10(2,13)6-4-7(11)8(12)5-9(6)14-3/h4-5,13H,12H2,1-3H3. The van der Waals surface area contributed by atoms with Crippen LogP contribution in [0.2, 0.25) is 5.02 Å². The molecule has 0 spiro atoms. The summed E-state index contributed by atoms with van der Waals surface area (Å²) in [5.74, 6) is 0.541. The van der Waals surface area contributed by atoms with Crippen molar-refractivity contribution >= 4 is 17.3 Å². The van der Waals surface area contributed by atoms with Gasteiger partial charge in [0.2, 0.25) is 0 Å². The maximum absolute atomic E-state index is 9.84. The van der Waals surface area contributed by atoms with Gasteiger partial charge in [-0.2, -0.15) is 0 Å². The topological polar surface area (TPSA) is 55.5 Å². The van der Waals surface area contributed by atoms with E-state index in [-0.39, 0.29) is 0 Å². The Bertz CT molecular complexity index is 345. The zero-order chi connectivity index (χ0) is 10.9.